The Bertz CT molecular complexity index is 119. The number of alkyl halides is 3. The van der Waals surface area contributed by atoms with Crippen molar-refractivity contribution in [1.82, 2.24) is 5.32 Å². The lowest BCUT2D eigenvalue weighted by molar-refractivity contribution is -0.176. The average Bonchev–Trinajstić information content (AvgIpc) is 2.01. The van der Waals surface area contributed by atoms with Crippen LogP contribution in [0, 0.1) is 0 Å². The Kier molecular flexibility index (Phi) is 6.93. The maximum absolute atomic E-state index is 11.5. The SMILES string of the molecule is CNCCOCCOCC(F)(F)F. The second-order valence-corrected chi connectivity index (χ2v) is 2.38. The quantitative estimate of drug-likeness (QED) is 0.618. The van der Waals surface area contributed by atoms with Gasteiger partial charge in [0.05, 0.1) is 19.8 Å². The van der Waals surface area contributed by atoms with E-state index in [1.165, 1.54) is 0 Å². The fraction of sp³-hybridized carbons (Fsp3) is 1.00. The van der Waals surface area contributed by atoms with Gasteiger partial charge in [0.15, 0.2) is 0 Å². The summed E-state index contributed by atoms with van der Waals surface area (Å²) in [5.41, 5.74) is 0. The Morgan fingerprint density at radius 1 is 1.08 bits per heavy atom. The molecule has 0 radical (unpaired) electrons. The third kappa shape index (κ3) is 11.7. The van der Waals surface area contributed by atoms with E-state index in [1.807, 2.05) is 0 Å². The van der Waals surface area contributed by atoms with Crippen molar-refractivity contribution in [3.05, 3.63) is 0 Å². The van der Waals surface area contributed by atoms with Crippen molar-refractivity contribution in [1.29, 1.82) is 0 Å². The highest BCUT2D eigenvalue weighted by Crippen LogP contribution is 2.13. The Labute approximate surface area is 75.2 Å². The maximum atomic E-state index is 11.5. The highest BCUT2D eigenvalue weighted by molar-refractivity contribution is 4.45. The van der Waals surface area contributed by atoms with E-state index in [-0.39, 0.29) is 13.2 Å². The summed E-state index contributed by atoms with van der Waals surface area (Å²) in [6.45, 7) is 0.120. The van der Waals surface area contributed by atoms with Crippen LogP contribution in [0.4, 0.5) is 13.2 Å². The molecule has 0 amide bonds. The molecule has 0 bridgehead atoms. The largest absolute Gasteiger partial charge is 0.411 e. The Balaban J connectivity index is 3.00. The van der Waals surface area contributed by atoms with Gasteiger partial charge in [-0.3, -0.25) is 0 Å². The van der Waals surface area contributed by atoms with Gasteiger partial charge >= 0.3 is 6.18 Å². The molecule has 80 valence electrons. The number of nitrogens with one attached hydrogen (secondary N) is 1. The minimum Gasteiger partial charge on any atom is -0.378 e. The molecule has 0 saturated carbocycles. The number of ether oxygens (including phenoxy) is 2. The van der Waals surface area contributed by atoms with E-state index >= 15 is 0 Å². The molecular weight excluding hydrogens is 187 g/mol. The topological polar surface area (TPSA) is 30.5 Å². The standard InChI is InChI=1S/C7H14F3NO2/c1-11-2-3-12-4-5-13-6-7(8,9)10/h11H,2-6H2,1H3. The fourth-order valence-electron chi connectivity index (χ4n) is 0.582. The van der Waals surface area contributed by atoms with Gasteiger partial charge in [0, 0.05) is 6.54 Å². The van der Waals surface area contributed by atoms with E-state index in [1.54, 1.807) is 7.05 Å². The first-order chi connectivity index (χ1) is 6.06. The van der Waals surface area contributed by atoms with Crippen molar-refractivity contribution >= 4 is 0 Å². The van der Waals surface area contributed by atoms with Gasteiger partial charge in [0.2, 0.25) is 0 Å². The van der Waals surface area contributed by atoms with E-state index in [0.717, 1.165) is 0 Å². The third-order valence-electron chi connectivity index (χ3n) is 1.13. The zero-order valence-electron chi connectivity index (χ0n) is 7.49. The summed E-state index contributed by atoms with van der Waals surface area (Å²) in [5.74, 6) is 0. The van der Waals surface area contributed by atoms with Gasteiger partial charge in [-0.2, -0.15) is 13.2 Å². The van der Waals surface area contributed by atoms with Crippen LogP contribution in [0.3, 0.4) is 0 Å². The second kappa shape index (κ2) is 7.11. The van der Waals surface area contributed by atoms with Crippen LogP contribution in [0.1, 0.15) is 0 Å². The molecule has 3 nitrogen and oxygen atoms in total. The molecular formula is C7H14F3NO2. The van der Waals surface area contributed by atoms with Crippen LogP contribution in [0.25, 0.3) is 0 Å². The molecule has 0 aliphatic rings. The van der Waals surface area contributed by atoms with Gasteiger partial charge in [0.1, 0.15) is 6.61 Å². The van der Waals surface area contributed by atoms with Crippen molar-refractivity contribution < 1.29 is 22.6 Å². The summed E-state index contributed by atoms with van der Waals surface area (Å²) in [4.78, 5) is 0. The van der Waals surface area contributed by atoms with Crippen LogP contribution in [0.5, 0.6) is 0 Å². The summed E-state index contributed by atoms with van der Waals surface area (Å²) in [6.07, 6.45) is -4.25. The Morgan fingerprint density at radius 3 is 2.23 bits per heavy atom. The van der Waals surface area contributed by atoms with Gasteiger partial charge in [-0.15, -0.1) is 0 Å². The normalized spacial score (nSPS) is 12.0. The van der Waals surface area contributed by atoms with Crippen LogP contribution in [-0.2, 0) is 9.47 Å². The Hall–Kier alpha value is -0.330. The highest BCUT2D eigenvalue weighted by atomic mass is 19.4. The molecule has 0 aliphatic carbocycles. The molecule has 0 aromatic rings. The zero-order chi connectivity index (χ0) is 10.2. The number of hydrogen-bond donors (Lipinski definition) is 1. The summed E-state index contributed by atoms with van der Waals surface area (Å²) in [5, 5.41) is 2.84. The predicted octanol–water partition coefficient (Wildman–Crippen LogP) is 0.801. The van der Waals surface area contributed by atoms with E-state index in [4.69, 9.17) is 4.74 Å². The molecule has 0 aromatic carbocycles. The minimum atomic E-state index is -4.25. The van der Waals surface area contributed by atoms with Crippen LogP contribution in [-0.4, -0.2) is 46.2 Å². The maximum Gasteiger partial charge on any atom is 0.411 e. The molecule has 6 heteroatoms. The van der Waals surface area contributed by atoms with Crippen molar-refractivity contribution in [3.63, 3.8) is 0 Å². The Morgan fingerprint density at radius 2 is 1.69 bits per heavy atom. The first-order valence-electron chi connectivity index (χ1n) is 3.93. The number of halogens is 3. The molecule has 0 aromatic heterocycles. The number of likely N-dealkylation sites (N-methyl/N-ethyl adjacent to an activating group) is 1. The number of rotatable bonds is 7. The summed E-state index contributed by atoms with van der Waals surface area (Å²) in [7, 11) is 1.77. The third-order valence-corrected chi connectivity index (χ3v) is 1.13. The van der Waals surface area contributed by atoms with Gasteiger partial charge < -0.3 is 14.8 Å². The molecule has 0 fully saturated rings. The van der Waals surface area contributed by atoms with E-state index < -0.39 is 12.8 Å². The summed E-state index contributed by atoms with van der Waals surface area (Å²) < 4.78 is 43.8. The van der Waals surface area contributed by atoms with E-state index in [0.29, 0.717) is 13.2 Å². The van der Waals surface area contributed by atoms with Crippen LogP contribution < -0.4 is 5.32 Å². The molecule has 0 heterocycles. The molecule has 13 heavy (non-hydrogen) atoms. The van der Waals surface area contributed by atoms with Crippen LogP contribution in [0.15, 0.2) is 0 Å². The lowest BCUT2D eigenvalue weighted by Crippen LogP contribution is -2.20. The van der Waals surface area contributed by atoms with Gasteiger partial charge in [-0.05, 0) is 7.05 Å². The highest BCUT2D eigenvalue weighted by Gasteiger charge is 2.27. The minimum absolute atomic E-state index is 0.0246. The first kappa shape index (κ1) is 12.7. The zero-order valence-corrected chi connectivity index (χ0v) is 7.49. The predicted molar refractivity (Wildman–Crippen MR) is 41.6 cm³/mol. The molecule has 0 atom stereocenters. The molecule has 0 aliphatic heterocycles. The van der Waals surface area contributed by atoms with E-state index in [2.05, 4.69) is 10.1 Å². The van der Waals surface area contributed by atoms with Crippen molar-refractivity contribution in [2.75, 3.05) is 40.0 Å². The smallest absolute Gasteiger partial charge is 0.378 e. The van der Waals surface area contributed by atoms with Crippen molar-refractivity contribution in [2.24, 2.45) is 0 Å². The molecule has 0 spiro atoms. The van der Waals surface area contributed by atoms with Gasteiger partial charge in [-0.1, -0.05) is 0 Å². The fourth-order valence-corrected chi connectivity index (χ4v) is 0.582. The summed E-state index contributed by atoms with van der Waals surface area (Å²) >= 11 is 0. The molecule has 0 saturated heterocycles. The van der Waals surface area contributed by atoms with Gasteiger partial charge in [-0.25, -0.2) is 0 Å². The van der Waals surface area contributed by atoms with Gasteiger partial charge in [0.25, 0.3) is 0 Å². The average molecular weight is 201 g/mol. The second-order valence-electron chi connectivity index (χ2n) is 2.38. The lowest BCUT2D eigenvalue weighted by Gasteiger charge is -2.07. The monoisotopic (exact) mass is 201 g/mol. The number of hydrogen-bond acceptors (Lipinski definition) is 3. The molecule has 0 unspecified atom stereocenters. The van der Waals surface area contributed by atoms with Crippen LogP contribution >= 0.6 is 0 Å². The van der Waals surface area contributed by atoms with Crippen LogP contribution in [0.2, 0.25) is 0 Å². The molecule has 1 N–H and O–H groups in total. The van der Waals surface area contributed by atoms with E-state index in [9.17, 15) is 13.2 Å². The first-order valence-corrected chi connectivity index (χ1v) is 3.93. The van der Waals surface area contributed by atoms with Crippen molar-refractivity contribution in [3.8, 4) is 0 Å². The molecule has 0 rings (SSSR count). The lowest BCUT2D eigenvalue weighted by atomic mass is 10.6. The summed E-state index contributed by atoms with van der Waals surface area (Å²) in [6, 6.07) is 0. The van der Waals surface area contributed by atoms with Crippen molar-refractivity contribution in [2.45, 2.75) is 6.18 Å².